The maximum Gasteiger partial charge on any atom is 0.263 e. The van der Waals surface area contributed by atoms with E-state index < -0.39 is 27.3 Å². The number of halogens is 2. The predicted molar refractivity (Wildman–Crippen MR) is 75.3 cm³/mol. The molecule has 0 aliphatic rings. The lowest BCUT2D eigenvalue weighted by Crippen LogP contribution is -2.13. The minimum Gasteiger partial charge on any atom is -0.352 e. The standard InChI is InChI=1S/C13H15F2N3O2S/c1-16-7-9-6-10(8-18(9)2)21(19,20)17-12-5-3-4-11(14)13(12)15/h3-6,8,16-17H,7H2,1-2H3. The molecule has 2 N–H and O–H groups in total. The SMILES string of the molecule is CNCc1cc(S(=O)(=O)Nc2cccc(F)c2F)cn1C. The molecular formula is C13H15F2N3O2S. The molecule has 8 heteroatoms. The molecule has 0 fully saturated rings. The second-order valence-corrected chi connectivity index (χ2v) is 6.20. The molecule has 0 spiro atoms. The number of anilines is 1. The van der Waals surface area contributed by atoms with Crippen LogP contribution in [0.25, 0.3) is 0 Å². The van der Waals surface area contributed by atoms with Crippen LogP contribution in [0.4, 0.5) is 14.5 Å². The monoisotopic (exact) mass is 315 g/mol. The smallest absolute Gasteiger partial charge is 0.263 e. The van der Waals surface area contributed by atoms with Crippen LogP contribution >= 0.6 is 0 Å². The fraction of sp³-hybridized carbons (Fsp3) is 0.231. The fourth-order valence-electron chi connectivity index (χ4n) is 1.87. The van der Waals surface area contributed by atoms with Crippen LogP contribution in [-0.4, -0.2) is 20.0 Å². The molecule has 5 nitrogen and oxygen atoms in total. The van der Waals surface area contributed by atoms with Crippen LogP contribution in [0.1, 0.15) is 5.69 Å². The van der Waals surface area contributed by atoms with Crippen LogP contribution in [0.3, 0.4) is 0 Å². The van der Waals surface area contributed by atoms with E-state index in [2.05, 4.69) is 5.32 Å². The maximum atomic E-state index is 13.5. The zero-order valence-electron chi connectivity index (χ0n) is 11.5. The second-order valence-electron chi connectivity index (χ2n) is 4.52. The van der Waals surface area contributed by atoms with Gasteiger partial charge in [0.05, 0.1) is 5.69 Å². The van der Waals surface area contributed by atoms with Crippen molar-refractivity contribution in [3.8, 4) is 0 Å². The lowest BCUT2D eigenvalue weighted by Gasteiger charge is -2.07. The number of benzene rings is 1. The van der Waals surface area contributed by atoms with Crippen LogP contribution in [0.2, 0.25) is 0 Å². The van der Waals surface area contributed by atoms with Gasteiger partial charge in [0.15, 0.2) is 11.6 Å². The Morgan fingerprint density at radius 3 is 2.67 bits per heavy atom. The van der Waals surface area contributed by atoms with Crippen molar-refractivity contribution in [3.05, 3.63) is 47.8 Å². The quantitative estimate of drug-likeness (QED) is 0.885. The van der Waals surface area contributed by atoms with Gasteiger partial charge in [0.2, 0.25) is 0 Å². The summed E-state index contributed by atoms with van der Waals surface area (Å²) >= 11 is 0. The largest absolute Gasteiger partial charge is 0.352 e. The Hall–Kier alpha value is -1.93. The average molecular weight is 315 g/mol. The summed E-state index contributed by atoms with van der Waals surface area (Å²) in [6.45, 7) is 0.486. The van der Waals surface area contributed by atoms with E-state index in [-0.39, 0.29) is 4.90 Å². The van der Waals surface area contributed by atoms with Gasteiger partial charge < -0.3 is 9.88 Å². The van der Waals surface area contributed by atoms with Crippen molar-refractivity contribution in [1.82, 2.24) is 9.88 Å². The van der Waals surface area contributed by atoms with Gasteiger partial charge >= 0.3 is 0 Å². The molecule has 0 unspecified atom stereocenters. The highest BCUT2D eigenvalue weighted by molar-refractivity contribution is 7.92. The van der Waals surface area contributed by atoms with Crippen LogP contribution in [0.15, 0.2) is 35.4 Å². The molecule has 0 atom stereocenters. The average Bonchev–Trinajstić information content (AvgIpc) is 2.78. The number of hydrogen-bond acceptors (Lipinski definition) is 3. The molecule has 0 aliphatic carbocycles. The zero-order chi connectivity index (χ0) is 15.6. The minimum atomic E-state index is -3.98. The van der Waals surface area contributed by atoms with E-state index in [1.807, 2.05) is 4.72 Å². The van der Waals surface area contributed by atoms with Gasteiger partial charge in [0.25, 0.3) is 10.0 Å². The van der Waals surface area contributed by atoms with E-state index >= 15 is 0 Å². The van der Waals surface area contributed by atoms with E-state index in [1.165, 1.54) is 18.3 Å². The number of nitrogens with one attached hydrogen (secondary N) is 2. The Kier molecular flexibility index (Phi) is 4.29. The topological polar surface area (TPSA) is 63.1 Å². The van der Waals surface area contributed by atoms with Crippen LogP contribution < -0.4 is 10.0 Å². The van der Waals surface area contributed by atoms with Gasteiger partial charge in [-0.3, -0.25) is 4.72 Å². The highest BCUT2D eigenvalue weighted by Crippen LogP contribution is 2.22. The van der Waals surface area contributed by atoms with E-state index in [4.69, 9.17) is 0 Å². The molecule has 0 saturated heterocycles. The Bertz CT molecular complexity index is 757. The molecule has 0 saturated carbocycles. The third-order valence-electron chi connectivity index (χ3n) is 2.95. The lowest BCUT2D eigenvalue weighted by atomic mass is 10.3. The van der Waals surface area contributed by atoms with Crippen molar-refractivity contribution < 1.29 is 17.2 Å². The highest BCUT2D eigenvalue weighted by Gasteiger charge is 2.20. The third-order valence-corrected chi connectivity index (χ3v) is 4.28. The summed E-state index contributed by atoms with van der Waals surface area (Å²) < 4.78 is 54.7. The Morgan fingerprint density at radius 2 is 2.00 bits per heavy atom. The van der Waals surface area contributed by atoms with Crippen molar-refractivity contribution in [2.75, 3.05) is 11.8 Å². The van der Waals surface area contributed by atoms with E-state index in [9.17, 15) is 17.2 Å². The van der Waals surface area contributed by atoms with Gasteiger partial charge in [-0.25, -0.2) is 17.2 Å². The predicted octanol–water partition coefficient (Wildman–Crippen LogP) is 1.82. The van der Waals surface area contributed by atoms with E-state index in [0.29, 0.717) is 6.54 Å². The first kappa shape index (κ1) is 15.5. The van der Waals surface area contributed by atoms with Gasteiger partial charge in [-0.05, 0) is 25.2 Å². The van der Waals surface area contributed by atoms with Crippen LogP contribution in [0, 0.1) is 11.6 Å². The first-order chi connectivity index (χ1) is 9.85. The second kappa shape index (κ2) is 5.82. The van der Waals surface area contributed by atoms with Gasteiger partial charge in [-0.1, -0.05) is 6.07 Å². The molecule has 2 rings (SSSR count). The molecule has 0 radical (unpaired) electrons. The summed E-state index contributed by atoms with van der Waals surface area (Å²) in [6, 6.07) is 4.78. The molecule has 114 valence electrons. The van der Waals surface area contributed by atoms with Crippen molar-refractivity contribution in [2.24, 2.45) is 7.05 Å². The summed E-state index contributed by atoms with van der Waals surface area (Å²) in [5.74, 6) is -2.34. The summed E-state index contributed by atoms with van der Waals surface area (Å²) in [5.41, 5.74) is 0.326. The van der Waals surface area contributed by atoms with Gasteiger partial charge in [-0.2, -0.15) is 0 Å². The first-order valence-electron chi connectivity index (χ1n) is 6.12. The van der Waals surface area contributed by atoms with Gasteiger partial charge in [0, 0.05) is 25.5 Å². The van der Waals surface area contributed by atoms with Gasteiger partial charge in [0.1, 0.15) is 4.90 Å². The summed E-state index contributed by atoms with van der Waals surface area (Å²) in [7, 11) is -0.537. The Labute approximate surface area is 121 Å². The van der Waals surface area contributed by atoms with Crippen molar-refractivity contribution in [3.63, 3.8) is 0 Å². The van der Waals surface area contributed by atoms with Crippen molar-refractivity contribution in [2.45, 2.75) is 11.4 Å². The first-order valence-corrected chi connectivity index (χ1v) is 7.60. The molecule has 21 heavy (non-hydrogen) atoms. The maximum absolute atomic E-state index is 13.5. The Balaban J connectivity index is 2.34. The number of aryl methyl sites for hydroxylation is 1. The number of hydrogen-bond donors (Lipinski definition) is 2. The Morgan fingerprint density at radius 1 is 1.29 bits per heavy atom. The fourth-order valence-corrected chi connectivity index (χ4v) is 3.02. The molecule has 0 bridgehead atoms. The van der Waals surface area contributed by atoms with Crippen LogP contribution in [-0.2, 0) is 23.6 Å². The molecule has 0 amide bonds. The lowest BCUT2D eigenvalue weighted by molar-refractivity contribution is 0.511. The summed E-state index contributed by atoms with van der Waals surface area (Å²) in [5, 5.41) is 2.91. The van der Waals surface area contributed by atoms with E-state index in [1.54, 1.807) is 18.7 Å². The number of rotatable bonds is 5. The van der Waals surface area contributed by atoms with Crippen molar-refractivity contribution >= 4 is 15.7 Å². The molecule has 2 aromatic rings. The molecule has 1 heterocycles. The normalized spacial score (nSPS) is 11.6. The third kappa shape index (κ3) is 3.22. The minimum absolute atomic E-state index is 0.0149. The zero-order valence-corrected chi connectivity index (χ0v) is 12.3. The van der Waals surface area contributed by atoms with E-state index in [0.717, 1.165) is 17.8 Å². The summed E-state index contributed by atoms with van der Waals surface area (Å²) in [4.78, 5) is -0.0149. The molecule has 1 aromatic carbocycles. The number of sulfonamides is 1. The highest BCUT2D eigenvalue weighted by atomic mass is 32.2. The van der Waals surface area contributed by atoms with Crippen LogP contribution in [0.5, 0.6) is 0 Å². The summed E-state index contributed by atoms with van der Waals surface area (Å²) in [6.07, 6.45) is 1.41. The number of nitrogens with zero attached hydrogens (tertiary/aromatic N) is 1. The molecule has 1 aromatic heterocycles. The molecule has 0 aliphatic heterocycles. The van der Waals surface area contributed by atoms with Gasteiger partial charge in [-0.15, -0.1) is 0 Å². The molecular weight excluding hydrogens is 300 g/mol. The van der Waals surface area contributed by atoms with Crippen molar-refractivity contribution in [1.29, 1.82) is 0 Å². The number of aromatic nitrogens is 1.